The Morgan fingerprint density at radius 1 is 1.47 bits per heavy atom. The predicted octanol–water partition coefficient (Wildman–Crippen LogP) is 2.19. The lowest BCUT2D eigenvalue weighted by Gasteiger charge is -2.24. The molecule has 1 unspecified atom stereocenters. The molecule has 0 spiro atoms. The Morgan fingerprint density at radius 2 is 2.24 bits per heavy atom. The molecule has 1 aromatic carbocycles. The SMILES string of the molecule is Cc1cc(Br)cc(C(=O)N(C)C2CCNC2)c1. The average Bonchev–Trinajstić information content (AvgIpc) is 2.79. The number of carbonyl (C=O) groups excluding carboxylic acids is 1. The summed E-state index contributed by atoms with van der Waals surface area (Å²) < 4.78 is 0.957. The van der Waals surface area contributed by atoms with Gasteiger partial charge in [-0.15, -0.1) is 0 Å². The number of hydrogen-bond acceptors (Lipinski definition) is 2. The molecule has 1 aliphatic rings. The Kier molecular flexibility index (Phi) is 3.84. The third kappa shape index (κ3) is 2.87. The van der Waals surface area contributed by atoms with Crippen LogP contribution in [0.3, 0.4) is 0 Å². The maximum Gasteiger partial charge on any atom is 0.253 e. The zero-order valence-corrected chi connectivity index (χ0v) is 11.8. The van der Waals surface area contributed by atoms with Crippen LogP contribution in [0.25, 0.3) is 0 Å². The molecule has 2 rings (SSSR count). The lowest BCUT2D eigenvalue weighted by molar-refractivity contribution is 0.0743. The van der Waals surface area contributed by atoms with Crippen LogP contribution in [-0.2, 0) is 0 Å². The fourth-order valence-corrected chi connectivity index (χ4v) is 2.81. The number of amides is 1. The van der Waals surface area contributed by atoms with E-state index in [9.17, 15) is 4.79 Å². The van der Waals surface area contributed by atoms with E-state index in [1.165, 1.54) is 0 Å². The Balaban J connectivity index is 2.17. The van der Waals surface area contributed by atoms with Crippen LogP contribution in [0, 0.1) is 6.92 Å². The quantitative estimate of drug-likeness (QED) is 0.907. The first kappa shape index (κ1) is 12.6. The number of halogens is 1. The van der Waals surface area contributed by atoms with Crippen LogP contribution in [0.1, 0.15) is 22.3 Å². The van der Waals surface area contributed by atoms with E-state index in [0.29, 0.717) is 6.04 Å². The minimum Gasteiger partial charge on any atom is -0.337 e. The summed E-state index contributed by atoms with van der Waals surface area (Å²) in [5, 5.41) is 3.28. The van der Waals surface area contributed by atoms with Gasteiger partial charge in [0, 0.05) is 29.7 Å². The van der Waals surface area contributed by atoms with E-state index < -0.39 is 0 Å². The van der Waals surface area contributed by atoms with Gasteiger partial charge in [-0.2, -0.15) is 0 Å². The van der Waals surface area contributed by atoms with E-state index in [-0.39, 0.29) is 5.91 Å². The fraction of sp³-hybridized carbons (Fsp3) is 0.462. The topological polar surface area (TPSA) is 32.3 Å². The zero-order chi connectivity index (χ0) is 12.4. The summed E-state index contributed by atoms with van der Waals surface area (Å²) in [6.07, 6.45) is 1.04. The lowest BCUT2D eigenvalue weighted by Crippen LogP contribution is -2.38. The number of carbonyl (C=O) groups is 1. The van der Waals surface area contributed by atoms with Crippen molar-refractivity contribution in [1.29, 1.82) is 0 Å². The molecule has 92 valence electrons. The Morgan fingerprint density at radius 3 is 2.82 bits per heavy atom. The predicted molar refractivity (Wildman–Crippen MR) is 72.2 cm³/mol. The van der Waals surface area contributed by atoms with Gasteiger partial charge >= 0.3 is 0 Å². The minimum atomic E-state index is 0.100. The number of rotatable bonds is 2. The number of hydrogen-bond donors (Lipinski definition) is 1. The van der Waals surface area contributed by atoms with Crippen molar-refractivity contribution in [2.45, 2.75) is 19.4 Å². The van der Waals surface area contributed by atoms with E-state index in [4.69, 9.17) is 0 Å². The van der Waals surface area contributed by atoms with Gasteiger partial charge in [-0.05, 0) is 43.7 Å². The fourth-order valence-electron chi connectivity index (χ4n) is 2.20. The van der Waals surface area contributed by atoms with E-state index in [0.717, 1.165) is 35.1 Å². The van der Waals surface area contributed by atoms with Crippen molar-refractivity contribution in [2.75, 3.05) is 20.1 Å². The van der Waals surface area contributed by atoms with Crippen molar-refractivity contribution in [1.82, 2.24) is 10.2 Å². The van der Waals surface area contributed by atoms with Crippen molar-refractivity contribution >= 4 is 21.8 Å². The van der Waals surface area contributed by atoms with Gasteiger partial charge in [-0.3, -0.25) is 4.79 Å². The third-order valence-corrected chi connectivity index (χ3v) is 3.65. The second-order valence-electron chi connectivity index (χ2n) is 4.58. The molecule has 1 amide bonds. The standard InChI is InChI=1S/C13H17BrN2O/c1-9-5-10(7-11(14)6-9)13(17)16(2)12-3-4-15-8-12/h5-7,12,15H,3-4,8H2,1-2H3. The molecule has 4 heteroatoms. The van der Waals surface area contributed by atoms with Crippen molar-refractivity contribution in [2.24, 2.45) is 0 Å². The van der Waals surface area contributed by atoms with Gasteiger partial charge in [0.1, 0.15) is 0 Å². The number of nitrogens with one attached hydrogen (secondary N) is 1. The highest BCUT2D eigenvalue weighted by Gasteiger charge is 2.24. The number of likely N-dealkylation sites (N-methyl/N-ethyl adjacent to an activating group) is 1. The lowest BCUT2D eigenvalue weighted by atomic mass is 10.1. The molecule has 0 saturated carbocycles. The highest BCUT2D eigenvalue weighted by Crippen LogP contribution is 2.18. The summed E-state index contributed by atoms with van der Waals surface area (Å²) in [6, 6.07) is 6.15. The van der Waals surface area contributed by atoms with Crippen LogP contribution in [-0.4, -0.2) is 37.0 Å². The summed E-state index contributed by atoms with van der Waals surface area (Å²) in [5.41, 5.74) is 1.85. The first-order valence-corrected chi connectivity index (χ1v) is 6.62. The Labute approximate surface area is 110 Å². The molecular formula is C13H17BrN2O. The summed E-state index contributed by atoms with van der Waals surface area (Å²) in [5.74, 6) is 0.100. The van der Waals surface area contributed by atoms with Gasteiger partial charge in [-0.1, -0.05) is 15.9 Å². The van der Waals surface area contributed by atoms with E-state index in [1.54, 1.807) is 0 Å². The highest BCUT2D eigenvalue weighted by molar-refractivity contribution is 9.10. The summed E-state index contributed by atoms with van der Waals surface area (Å²) in [6.45, 7) is 3.90. The van der Waals surface area contributed by atoms with Crippen molar-refractivity contribution < 1.29 is 4.79 Å². The van der Waals surface area contributed by atoms with Gasteiger partial charge in [0.25, 0.3) is 5.91 Å². The van der Waals surface area contributed by atoms with E-state index >= 15 is 0 Å². The Hall–Kier alpha value is -0.870. The molecule has 1 saturated heterocycles. The van der Waals surface area contributed by atoms with E-state index in [1.807, 2.05) is 37.1 Å². The molecule has 1 heterocycles. The van der Waals surface area contributed by atoms with Crippen LogP contribution in [0.2, 0.25) is 0 Å². The molecule has 1 aliphatic heterocycles. The minimum absolute atomic E-state index is 0.100. The molecule has 0 aromatic heterocycles. The second kappa shape index (κ2) is 5.19. The van der Waals surface area contributed by atoms with Gasteiger partial charge in [0.05, 0.1) is 0 Å². The first-order valence-electron chi connectivity index (χ1n) is 5.83. The molecule has 0 aliphatic carbocycles. The molecule has 3 nitrogen and oxygen atoms in total. The molecule has 1 N–H and O–H groups in total. The zero-order valence-electron chi connectivity index (χ0n) is 10.2. The Bertz CT molecular complexity index is 407. The molecular weight excluding hydrogens is 280 g/mol. The van der Waals surface area contributed by atoms with Crippen LogP contribution in [0.4, 0.5) is 0 Å². The molecule has 17 heavy (non-hydrogen) atoms. The smallest absolute Gasteiger partial charge is 0.253 e. The first-order chi connectivity index (χ1) is 8.08. The van der Waals surface area contributed by atoms with Crippen LogP contribution in [0.5, 0.6) is 0 Å². The van der Waals surface area contributed by atoms with Crippen molar-refractivity contribution in [3.8, 4) is 0 Å². The molecule has 0 bridgehead atoms. The number of nitrogens with zero attached hydrogens (tertiary/aromatic N) is 1. The average molecular weight is 297 g/mol. The maximum absolute atomic E-state index is 12.3. The van der Waals surface area contributed by atoms with Gasteiger partial charge < -0.3 is 10.2 Å². The van der Waals surface area contributed by atoms with Crippen LogP contribution in [0.15, 0.2) is 22.7 Å². The molecule has 1 fully saturated rings. The second-order valence-corrected chi connectivity index (χ2v) is 5.50. The third-order valence-electron chi connectivity index (χ3n) is 3.19. The molecule has 0 radical (unpaired) electrons. The largest absolute Gasteiger partial charge is 0.337 e. The monoisotopic (exact) mass is 296 g/mol. The number of benzene rings is 1. The van der Waals surface area contributed by atoms with Crippen molar-refractivity contribution in [3.63, 3.8) is 0 Å². The van der Waals surface area contributed by atoms with Crippen molar-refractivity contribution in [3.05, 3.63) is 33.8 Å². The number of aryl methyl sites for hydroxylation is 1. The highest BCUT2D eigenvalue weighted by atomic mass is 79.9. The molecule has 1 aromatic rings. The van der Waals surface area contributed by atoms with Gasteiger partial charge in [0.15, 0.2) is 0 Å². The van der Waals surface area contributed by atoms with Gasteiger partial charge in [0.2, 0.25) is 0 Å². The molecule has 1 atom stereocenters. The summed E-state index contributed by atoms with van der Waals surface area (Å²) in [4.78, 5) is 14.2. The summed E-state index contributed by atoms with van der Waals surface area (Å²) >= 11 is 3.43. The maximum atomic E-state index is 12.3. The summed E-state index contributed by atoms with van der Waals surface area (Å²) in [7, 11) is 1.89. The van der Waals surface area contributed by atoms with Crippen LogP contribution < -0.4 is 5.32 Å². The normalized spacial score (nSPS) is 19.4. The van der Waals surface area contributed by atoms with Crippen LogP contribution >= 0.6 is 15.9 Å². The van der Waals surface area contributed by atoms with Gasteiger partial charge in [-0.25, -0.2) is 0 Å². The van der Waals surface area contributed by atoms with E-state index in [2.05, 4.69) is 21.2 Å².